The third-order valence-electron chi connectivity index (χ3n) is 3.81. The molecule has 0 atom stereocenters. The van der Waals surface area contributed by atoms with Gasteiger partial charge in [-0.15, -0.1) is 8.78 Å². The van der Waals surface area contributed by atoms with Gasteiger partial charge in [0.05, 0.1) is 23.0 Å². The number of para-hydroxylation sites is 2. The second-order valence-electron chi connectivity index (χ2n) is 6.02. The summed E-state index contributed by atoms with van der Waals surface area (Å²) in [7, 11) is 0. The van der Waals surface area contributed by atoms with E-state index in [4.69, 9.17) is 4.74 Å². The quantitative estimate of drug-likeness (QED) is 0.467. The third kappa shape index (κ3) is 4.74. The lowest BCUT2D eigenvalue weighted by atomic mass is 10.3. The van der Waals surface area contributed by atoms with E-state index in [0.717, 1.165) is 17.3 Å². The van der Waals surface area contributed by atoms with Gasteiger partial charge in [0, 0.05) is 11.8 Å². The third-order valence-corrected chi connectivity index (χ3v) is 4.69. The summed E-state index contributed by atoms with van der Waals surface area (Å²) >= 11 is 1.13. The molecule has 0 radical (unpaired) electrons. The number of hydrogen-bond acceptors (Lipinski definition) is 8. The highest BCUT2D eigenvalue weighted by molar-refractivity contribution is 7.99. The SMILES string of the molecule is O=C(COC(=O)CSc1cnc2ccccc2n1)Nc1ccc2c(c1)OC(F)(F)O2. The van der Waals surface area contributed by atoms with Crippen molar-refractivity contribution in [2.45, 2.75) is 11.3 Å². The number of fused-ring (bicyclic) bond motifs is 2. The molecule has 4 rings (SSSR count). The van der Waals surface area contributed by atoms with E-state index in [-0.39, 0.29) is 22.9 Å². The summed E-state index contributed by atoms with van der Waals surface area (Å²) in [5.41, 5.74) is 1.64. The number of rotatable bonds is 6. The average Bonchev–Trinajstić information content (AvgIpc) is 3.03. The van der Waals surface area contributed by atoms with Crippen LogP contribution in [-0.4, -0.2) is 40.5 Å². The Labute approximate surface area is 172 Å². The smallest absolute Gasteiger partial charge is 0.455 e. The van der Waals surface area contributed by atoms with Crippen molar-refractivity contribution in [1.82, 2.24) is 9.97 Å². The first-order chi connectivity index (χ1) is 14.4. The molecule has 3 aromatic rings. The van der Waals surface area contributed by atoms with E-state index >= 15 is 0 Å². The van der Waals surface area contributed by atoms with Crippen LogP contribution in [0.5, 0.6) is 11.5 Å². The van der Waals surface area contributed by atoms with Gasteiger partial charge in [0.25, 0.3) is 5.91 Å². The summed E-state index contributed by atoms with van der Waals surface area (Å²) in [5, 5.41) is 2.97. The van der Waals surface area contributed by atoms with E-state index in [1.807, 2.05) is 24.3 Å². The summed E-state index contributed by atoms with van der Waals surface area (Å²) in [6, 6.07) is 11.1. The van der Waals surface area contributed by atoms with Crippen molar-refractivity contribution < 1.29 is 32.6 Å². The molecule has 2 aromatic carbocycles. The van der Waals surface area contributed by atoms with E-state index in [9.17, 15) is 18.4 Å². The highest BCUT2D eigenvalue weighted by Crippen LogP contribution is 2.42. The van der Waals surface area contributed by atoms with Gasteiger partial charge < -0.3 is 19.5 Å². The molecule has 1 N–H and O–H groups in total. The van der Waals surface area contributed by atoms with E-state index in [1.54, 1.807) is 6.20 Å². The van der Waals surface area contributed by atoms with Crippen molar-refractivity contribution >= 4 is 40.4 Å². The fourth-order valence-electron chi connectivity index (χ4n) is 2.55. The van der Waals surface area contributed by atoms with Crippen LogP contribution in [0.1, 0.15) is 0 Å². The van der Waals surface area contributed by atoms with Crippen molar-refractivity contribution in [3.05, 3.63) is 48.7 Å². The van der Waals surface area contributed by atoms with Gasteiger partial charge in [-0.1, -0.05) is 23.9 Å². The molecular formula is C19H13F2N3O5S. The fraction of sp³-hybridized carbons (Fsp3) is 0.158. The van der Waals surface area contributed by atoms with Crippen molar-refractivity contribution in [2.24, 2.45) is 0 Å². The van der Waals surface area contributed by atoms with Crippen LogP contribution in [0.25, 0.3) is 11.0 Å². The Morgan fingerprint density at radius 1 is 1.10 bits per heavy atom. The standard InChI is InChI=1S/C19H13F2N3O5S/c20-19(21)28-14-6-5-11(7-15(14)29-19)23-16(25)9-27-18(26)10-30-17-8-22-12-3-1-2-4-13(12)24-17/h1-8H,9-10H2,(H,23,25). The van der Waals surface area contributed by atoms with Crippen LogP contribution in [0.15, 0.2) is 53.7 Å². The second-order valence-corrected chi connectivity index (χ2v) is 7.02. The minimum atomic E-state index is -3.74. The molecule has 11 heteroatoms. The van der Waals surface area contributed by atoms with Crippen LogP contribution in [0, 0.1) is 0 Å². The largest absolute Gasteiger partial charge is 0.586 e. The molecule has 0 saturated carbocycles. The number of esters is 1. The zero-order valence-corrected chi connectivity index (χ0v) is 15.9. The Hall–Kier alpha value is -3.47. The van der Waals surface area contributed by atoms with Gasteiger partial charge in [-0.3, -0.25) is 14.6 Å². The molecule has 30 heavy (non-hydrogen) atoms. The summed E-state index contributed by atoms with van der Waals surface area (Å²) in [5.74, 6) is -1.65. The maximum atomic E-state index is 13.0. The summed E-state index contributed by atoms with van der Waals surface area (Å²) in [4.78, 5) is 32.4. The van der Waals surface area contributed by atoms with E-state index < -0.39 is 24.8 Å². The number of aromatic nitrogens is 2. The van der Waals surface area contributed by atoms with Gasteiger partial charge in [-0.2, -0.15) is 0 Å². The van der Waals surface area contributed by atoms with Crippen LogP contribution >= 0.6 is 11.8 Å². The number of halogens is 2. The monoisotopic (exact) mass is 433 g/mol. The van der Waals surface area contributed by atoms with E-state index in [1.165, 1.54) is 18.2 Å². The molecule has 0 saturated heterocycles. The predicted octanol–water partition coefficient (Wildman–Crippen LogP) is 3.23. The van der Waals surface area contributed by atoms with Gasteiger partial charge in [-0.05, 0) is 24.3 Å². The van der Waals surface area contributed by atoms with Crippen LogP contribution in [0.2, 0.25) is 0 Å². The molecule has 0 fully saturated rings. The number of carbonyl (C=O) groups is 2. The molecule has 0 spiro atoms. The molecule has 1 aromatic heterocycles. The lowest BCUT2D eigenvalue weighted by molar-refractivity contribution is -0.286. The molecule has 1 amide bonds. The minimum Gasteiger partial charge on any atom is -0.455 e. The van der Waals surface area contributed by atoms with Crippen LogP contribution in [-0.2, 0) is 14.3 Å². The fourth-order valence-corrected chi connectivity index (χ4v) is 3.19. The number of nitrogens with one attached hydrogen (secondary N) is 1. The number of nitrogens with zero attached hydrogens (tertiary/aromatic N) is 2. The Kier molecular flexibility index (Phi) is 5.36. The summed E-state index contributed by atoms with van der Waals surface area (Å²) in [6.07, 6.45) is -2.19. The number of thioether (sulfide) groups is 1. The minimum absolute atomic E-state index is 0.0561. The second kappa shape index (κ2) is 8.11. The molecule has 2 heterocycles. The molecule has 1 aliphatic rings. The lowest BCUT2D eigenvalue weighted by Crippen LogP contribution is -2.25. The van der Waals surface area contributed by atoms with Crippen LogP contribution < -0.4 is 14.8 Å². The molecule has 0 bridgehead atoms. The number of ether oxygens (including phenoxy) is 3. The van der Waals surface area contributed by atoms with Crippen molar-refractivity contribution in [3.63, 3.8) is 0 Å². The first-order valence-corrected chi connectivity index (χ1v) is 9.56. The maximum absolute atomic E-state index is 13.0. The van der Waals surface area contributed by atoms with E-state index in [2.05, 4.69) is 24.8 Å². The van der Waals surface area contributed by atoms with Gasteiger partial charge in [0.15, 0.2) is 18.1 Å². The number of anilines is 1. The van der Waals surface area contributed by atoms with Gasteiger partial charge in [-0.25, -0.2) is 4.98 Å². The van der Waals surface area contributed by atoms with Crippen molar-refractivity contribution in [3.8, 4) is 11.5 Å². The van der Waals surface area contributed by atoms with E-state index in [0.29, 0.717) is 10.5 Å². The van der Waals surface area contributed by atoms with Crippen LogP contribution in [0.4, 0.5) is 14.5 Å². The first kappa shape index (κ1) is 19.8. The van der Waals surface area contributed by atoms with Gasteiger partial charge >= 0.3 is 12.3 Å². The lowest BCUT2D eigenvalue weighted by Gasteiger charge is -2.07. The first-order valence-electron chi connectivity index (χ1n) is 8.58. The highest BCUT2D eigenvalue weighted by Gasteiger charge is 2.43. The zero-order valence-electron chi connectivity index (χ0n) is 15.1. The zero-order chi connectivity index (χ0) is 21.1. The number of carbonyl (C=O) groups excluding carboxylic acids is 2. The maximum Gasteiger partial charge on any atom is 0.586 e. The van der Waals surface area contributed by atoms with Crippen molar-refractivity contribution in [1.29, 1.82) is 0 Å². The number of amides is 1. The Balaban J connectivity index is 1.24. The Morgan fingerprint density at radius 3 is 2.70 bits per heavy atom. The predicted molar refractivity (Wildman–Crippen MR) is 102 cm³/mol. The van der Waals surface area contributed by atoms with Gasteiger partial charge in [0.1, 0.15) is 5.03 Å². The average molecular weight is 433 g/mol. The Morgan fingerprint density at radius 2 is 1.87 bits per heavy atom. The topological polar surface area (TPSA) is 99.6 Å². The number of alkyl halides is 2. The molecule has 0 aliphatic carbocycles. The highest BCUT2D eigenvalue weighted by atomic mass is 32.2. The normalized spacial score (nSPS) is 13.8. The number of benzene rings is 2. The Bertz CT molecular complexity index is 1130. The summed E-state index contributed by atoms with van der Waals surface area (Å²) in [6.45, 7) is -0.534. The molecule has 154 valence electrons. The van der Waals surface area contributed by atoms with Crippen LogP contribution in [0.3, 0.4) is 0 Å². The number of hydrogen-bond donors (Lipinski definition) is 1. The molecule has 8 nitrogen and oxygen atoms in total. The summed E-state index contributed by atoms with van der Waals surface area (Å²) < 4.78 is 39.5. The molecule has 0 unspecified atom stereocenters. The van der Waals surface area contributed by atoms with Gasteiger partial charge in [0.2, 0.25) is 0 Å². The van der Waals surface area contributed by atoms with Crippen molar-refractivity contribution in [2.75, 3.05) is 17.7 Å². The molecule has 1 aliphatic heterocycles. The molecular weight excluding hydrogens is 420 g/mol.